The van der Waals surface area contributed by atoms with Crippen LogP contribution in [-0.2, 0) is 4.74 Å². The number of aryl methyl sites for hydroxylation is 1. The first-order chi connectivity index (χ1) is 13.7. The molecule has 1 N–H and O–H groups in total. The van der Waals surface area contributed by atoms with Gasteiger partial charge in [-0.2, -0.15) is 0 Å². The lowest BCUT2D eigenvalue weighted by Gasteiger charge is -2.32. The number of carbonyl (C=O) groups is 1. The van der Waals surface area contributed by atoms with E-state index in [-0.39, 0.29) is 18.1 Å². The van der Waals surface area contributed by atoms with Gasteiger partial charge < -0.3 is 19.3 Å². The summed E-state index contributed by atoms with van der Waals surface area (Å²) in [6.07, 6.45) is 2.11. The van der Waals surface area contributed by atoms with Crippen LogP contribution in [0.1, 0.15) is 22.5 Å². The first-order valence-electron chi connectivity index (χ1n) is 9.20. The minimum atomic E-state index is -0.304. The summed E-state index contributed by atoms with van der Waals surface area (Å²) in [5.41, 5.74) is 1.77. The molecule has 1 aromatic carbocycles. The van der Waals surface area contributed by atoms with Gasteiger partial charge in [0.2, 0.25) is 5.88 Å². The largest absolute Gasteiger partial charge is 0.472 e. The van der Waals surface area contributed by atoms with Crippen LogP contribution in [0.15, 0.2) is 59.3 Å². The van der Waals surface area contributed by atoms with Gasteiger partial charge >= 0.3 is 0 Å². The van der Waals surface area contributed by atoms with Crippen molar-refractivity contribution in [2.75, 3.05) is 13.2 Å². The molecule has 0 spiro atoms. The van der Waals surface area contributed by atoms with Crippen molar-refractivity contribution in [2.24, 2.45) is 0 Å². The van der Waals surface area contributed by atoms with Gasteiger partial charge in [0.1, 0.15) is 23.1 Å². The highest BCUT2D eigenvalue weighted by atomic mass is 16.5. The summed E-state index contributed by atoms with van der Waals surface area (Å²) < 4.78 is 16.8. The van der Waals surface area contributed by atoms with E-state index in [1.807, 2.05) is 42.5 Å². The van der Waals surface area contributed by atoms with Crippen molar-refractivity contribution >= 4 is 5.91 Å². The molecule has 3 aromatic rings. The molecule has 2 aromatic heterocycles. The van der Waals surface area contributed by atoms with E-state index in [4.69, 9.17) is 14.0 Å². The van der Waals surface area contributed by atoms with Gasteiger partial charge in [-0.3, -0.25) is 4.79 Å². The molecule has 1 amide bonds. The minimum Gasteiger partial charge on any atom is -0.472 e. The van der Waals surface area contributed by atoms with E-state index in [2.05, 4.69) is 15.5 Å². The zero-order valence-electron chi connectivity index (χ0n) is 15.5. The van der Waals surface area contributed by atoms with Crippen LogP contribution in [0.2, 0.25) is 0 Å². The number of nitrogens with zero attached hydrogens (tertiary/aromatic N) is 2. The van der Waals surface area contributed by atoms with E-state index in [0.29, 0.717) is 42.5 Å². The van der Waals surface area contributed by atoms with Gasteiger partial charge in [0.15, 0.2) is 0 Å². The topological polar surface area (TPSA) is 86.5 Å². The number of nitrogens with one attached hydrogen (secondary N) is 1. The number of hydrogen-bond acceptors (Lipinski definition) is 6. The molecule has 7 heteroatoms. The molecule has 1 fully saturated rings. The summed E-state index contributed by atoms with van der Waals surface area (Å²) in [6.45, 7) is 2.67. The van der Waals surface area contributed by atoms with Crippen LogP contribution in [-0.4, -0.2) is 41.4 Å². The number of hydrogen-bond donors (Lipinski definition) is 1. The first kappa shape index (κ1) is 18.2. The fourth-order valence-corrected chi connectivity index (χ4v) is 3.24. The normalized spacial score (nSPS) is 19.2. The van der Waals surface area contributed by atoms with Crippen LogP contribution in [0.3, 0.4) is 0 Å². The lowest BCUT2D eigenvalue weighted by molar-refractivity contribution is -0.00450. The van der Waals surface area contributed by atoms with Crippen LogP contribution >= 0.6 is 0 Å². The molecule has 0 radical (unpaired) electrons. The average Bonchev–Trinajstić information content (AvgIpc) is 3.12. The Morgan fingerprint density at radius 1 is 1.18 bits per heavy atom. The molecule has 0 saturated carbocycles. The molecule has 1 aliphatic heterocycles. The highest BCUT2D eigenvalue weighted by molar-refractivity contribution is 6.01. The smallest absolute Gasteiger partial charge is 0.257 e. The maximum Gasteiger partial charge on any atom is 0.257 e. The summed E-state index contributed by atoms with van der Waals surface area (Å²) >= 11 is 0. The second-order valence-corrected chi connectivity index (χ2v) is 6.60. The Morgan fingerprint density at radius 2 is 2.00 bits per heavy atom. The maximum atomic E-state index is 13.0. The predicted octanol–water partition coefficient (Wildman–Crippen LogP) is 3.01. The Bertz CT molecular complexity index is 927. The van der Waals surface area contributed by atoms with Crippen LogP contribution in [0.4, 0.5) is 0 Å². The van der Waals surface area contributed by atoms with Gasteiger partial charge in [-0.05, 0) is 13.0 Å². The molecule has 0 bridgehead atoms. The van der Waals surface area contributed by atoms with Crippen molar-refractivity contribution in [3.63, 3.8) is 0 Å². The van der Waals surface area contributed by atoms with Gasteiger partial charge in [0.05, 0.1) is 19.3 Å². The molecule has 7 nitrogen and oxygen atoms in total. The number of pyridine rings is 1. The number of benzene rings is 1. The predicted molar refractivity (Wildman–Crippen MR) is 102 cm³/mol. The Hall–Kier alpha value is -3.19. The number of rotatable bonds is 5. The van der Waals surface area contributed by atoms with Crippen LogP contribution < -0.4 is 10.1 Å². The van der Waals surface area contributed by atoms with Gasteiger partial charge in [0.25, 0.3) is 5.91 Å². The molecule has 28 heavy (non-hydrogen) atoms. The SMILES string of the molecule is Cc1onc(-c2ccccc2)c1C(=O)N[C@@H]1COCC[C@H]1Oc1ccccn1. The second-order valence-electron chi connectivity index (χ2n) is 6.60. The zero-order valence-corrected chi connectivity index (χ0v) is 15.5. The van der Waals surface area contributed by atoms with Crippen LogP contribution in [0.5, 0.6) is 5.88 Å². The molecular formula is C21H21N3O4. The number of amides is 1. The van der Waals surface area contributed by atoms with E-state index in [0.717, 1.165) is 5.56 Å². The fourth-order valence-electron chi connectivity index (χ4n) is 3.24. The molecule has 144 valence electrons. The van der Waals surface area contributed by atoms with Crippen molar-refractivity contribution in [3.05, 3.63) is 66.1 Å². The van der Waals surface area contributed by atoms with Crippen molar-refractivity contribution in [2.45, 2.75) is 25.5 Å². The van der Waals surface area contributed by atoms with Gasteiger partial charge in [-0.15, -0.1) is 0 Å². The molecule has 4 rings (SSSR count). The van der Waals surface area contributed by atoms with E-state index < -0.39 is 0 Å². The third-order valence-corrected chi connectivity index (χ3v) is 4.66. The monoisotopic (exact) mass is 379 g/mol. The van der Waals surface area contributed by atoms with Crippen molar-refractivity contribution in [3.8, 4) is 17.1 Å². The van der Waals surface area contributed by atoms with E-state index >= 15 is 0 Å². The fraction of sp³-hybridized carbons (Fsp3) is 0.286. The lowest BCUT2D eigenvalue weighted by atomic mass is 10.0. The number of aromatic nitrogens is 2. The Balaban J connectivity index is 1.53. The second kappa shape index (κ2) is 8.22. The minimum absolute atomic E-state index is 0.229. The average molecular weight is 379 g/mol. The lowest BCUT2D eigenvalue weighted by Crippen LogP contribution is -2.52. The van der Waals surface area contributed by atoms with E-state index in [1.54, 1.807) is 19.2 Å². The summed E-state index contributed by atoms with van der Waals surface area (Å²) in [5.74, 6) is 0.734. The molecule has 0 aliphatic carbocycles. The summed E-state index contributed by atoms with van der Waals surface area (Å²) in [5, 5.41) is 7.10. The van der Waals surface area contributed by atoms with Crippen molar-refractivity contribution < 1.29 is 18.8 Å². The molecule has 2 atom stereocenters. The van der Waals surface area contributed by atoms with Crippen LogP contribution in [0, 0.1) is 6.92 Å². The van der Waals surface area contributed by atoms with Gasteiger partial charge in [-0.25, -0.2) is 4.98 Å². The highest BCUT2D eigenvalue weighted by Gasteiger charge is 2.31. The number of carbonyl (C=O) groups excluding carboxylic acids is 1. The maximum absolute atomic E-state index is 13.0. The zero-order chi connectivity index (χ0) is 19.3. The summed E-state index contributed by atoms with van der Waals surface area (Å²) in [7, 11) is 0. The molecule has 3 heterocycles. The van der Waals surface area contributed by atoms with Gasteiger partial charge in [-0.1, -0.05) is 41.6 Å². The van der Waals surface area contributed by atoms with E-state index in [1.165, 1.54) is 0 Å². The Kier molecular flexibility index (Phi) is 5.34. The summed E-state index contributed by atoms with van der Waals surface area (Å²) in [4.78, 5) is 17.3. The standard InChI is InChI=1S/C21H21N3O4/c1-14-19(20(24-28-14)15-7-3-2-4-8-15)21(25)23-16-13-26-12-10-17(16)27-18-9-5-6-11-22-18/h2-9,11,16-17H,10,12-13H2,1H3,(H,23,25)/t16-,17-/m1/s1. The first-order valence-corrected chi connectivity index (χ1v) is 9.20. The quantitative estimate of drug-likeness (QED) is 0.733. The highest BCUT2D eigenvalue weighted by Crippen LogP contribution is 2.25. The molecule has 1 aliphatic rings. The van der Waals surface area contributed by atoms with Gasteiger partial charge in [0, 0.05) is 24.2 Å². The van der Waals surface area contributed by atoms with Crippen molar-refractivity contribution in [1.29, 1.82) is 0 Å². The third kappa shape index (κ3) is 3.89. The molecule has 0 unspecified atom stereocenters. The molecular weight excluding hydrogens is 358 g/mol. The third-order valence-electron chi connectivity index (χ3n) is 4.66. The molecule has 1 saturated heterocycles. The summed E-state index contributed by atoms with van der Waals surface area (Å²) in [6, 6.07) is 14.7. The Labute approximate surface area is 162 Å². The van der Waals surface area contributed by atoms with E-state index in [9.17, 15) is 4.79 Å². The van der Waals surface area contributed by atoms with Crippen LogP contribution in [0.25, 0.3) is 11.3 Å². The Morgan fingerprint density at radius 3 is 2.79 bits per heavy atom. The van der Waals surface area contributed by atoms with Crippen molar-refractivity contribution in [1.82, 2.24) is 15.5 Å². The number of ether oxygens (including phenoxy) is 2.